The van der Waals surface area contributed by atoms with E-state index < -0.39 is 12.1 Å². The second kappa shape index (κ2) is 8.31. The Bertz CT molecular complexity index is 599. The van der Waals surface area contributed by atoms with Crippen molar-refractivity contribution in [3.63, 3.8) is 0 Å². The van der Waals surface area contributed by atoms with Crippen molar-refractivity contribution >= 4 is 23.3 Å². The van der Waals surface area contributed by atoms with E-state index in [9.17, 15) is 9.59 Å². The predicted octanol–water partition coefficient (Wildman–Crippen LogP) is 2.42. The van der Waals surface area contributed by atoms with Crippen LogP contribution >= 0.6 is 11.3 Å². The fourth-order valence-electron chi connectivity index (χ4n) is 2.01. The van der Waals surface area contributed by atoms with Gasteiger partial charge in [0, 0.05) is 18.0 Å². The summed E-state index contributed by atoms with van der Waals surface area (Å²) in [6.07, 6.45) is 0. The molecule has 2 aromatic rings. The van der Waals surface area contributed by atoms with Gasteiger partial charge >= 0.3 is 6.03 Å². The van der Waals surface area contributed by atoms with Crippen LogP contribution in [0.3, 0.4) is 0 Å². The van der Waals surface area contributed by atoms with Crippen LogP contribution in [0.2, 0.25) is 0 Å². The predicted molar refractivity (Wildman–Crippen MR) is 87.6 cm³/mol. The number of hydrogen-bond acceptors (Lipinski definition) is 4. The number of thiophene rings is 1. The highest BCUT2D eigenvalue weighted by Crippen LogP contribution is 2.15. The van der Waals surface area contributed by atoms with E-state index in [1.54, 1.807) is 18.3 Å². The number of nitrogens with one attached hydrogen (secondary N) is 3. The van der Waals surface area contributed by atoms with Crippen LogP contribution in [0.4, 0.5) is 4.79 Å². The van der Waals surface area contributed by atoms with Crippen LogP contribution in [0, 0.1) is 0 Å². The molecular formula is C16H19N3O2S. The molecule has 116 valence electrons. The molecule has 0 unspecified atom stereocenters. The average molecular weight is 317 g/mol. The van der Waals surface area contributed by atoms with Gasteiger partial charge in [0.1, 0.15) is 6.04 Å². The van der Waals surface area contributed by atoms with Crippen LogP contribution in [0.15, 0.2) is 47.8 Å². The molecule has 0 fully saturated rings. The van der Waals surface area contributed by atoms with Crippen molar-refractivity contribution in [1.29, 1.82) is 0 Å². The first-order valence-corrected chi connectivity index (χ1v) is 7.98. The molecule has 0 aliphatic rings. The maximum atomic E-state index is 12.4. The van der Waals surface area contributed by atoms with Gasteiger partial charge in [0.2, 0.25) is 5.91 Å². The third kappa shape index (κ3) is 4.68. The van der Waals surface area contributed by atoms with Crippen molar-refractivity contribution in [2.45, 2.75) is 19.5 Å². The Labute approximate surface area is 133 Å². The summed E-state index contributed by atoms with van der Waals surface area (Å²) in [4.78, 5) is 25.0. The molecule has 0 saturated carbocycles. The number of rotatable bonds is 6. The number of benzene rings is 1. The molecule has 0 aliphatic heterocycles. The Balaban J connectivity index is 2.07. The summed E-state index contributed by atoms with van der Waals surface area (Å²) >= 11 is 1.62. The Morgan fingerprint density at radius 3 is 2.55 bits per heavy atom. The third-order valence-corrected chi connectivity index (χ3v) is 3.91. The molecule has 1 aromatic heterocycles. The summed E-state index contributed by atoms with van der Waals surface area (Å²) in [5, 5.41) is 10.1. The number of carbonyl (C=O) groups excluding carboxylic acids is 2. The maximum Gasteiger partial charge on any atom is 0.321 e. The molecule has 0 saturated heterocycles. The topological polar surface area (TPSA) is 70.2 Å². The summed E-state index contributed by atoms with van der Waals surface area (Å²) in [5.41, 5.74) is 0.820. The molecule has 22 heavy (non-hydrogen) atoms. The number of urea groups is 1. The van der Waals surface area contributed by atoms with E-state index in [2.05, 4.69) is 16.0 Å². The average Bonchev–Trinajstić information content (AvgIpc) is 3.02. The minimum atomic E-state index is -0.578. The molecule has 3 N–H and O–H groups in total. The lowest BCUT2D eigenvalue weighted by Crippen LogP contribution is -2.44. The van der Waals surface area contributed by atoms with E-state index in [1.165, 1.54) is 0 Å². The molecule has 6 heteroatoms. The Morgan fingerprint density at radius 2 is 1.91 bits per heavy atom. The van der Waals surface area contributed by atoms with Gasteiger partial charge in [-0.3, -0.25) is 15.4 Å². The number of hydrogen-bond donors (Lipinski definition) is 3. The molecule has 0 radical (unpaired) electrons. The van der Waals surface area contributed by atoms with Crippen LogP contribution in [-0.2, 0) is 11.3 Å². The molecule has 2 rings (SSSR count). The second-order valence-electron chi connectivity index (χ2n) is 4.65. The Hall–Kier alpha value is -2.18. The molecule has 1 heterocycles. The fraction of sp³-hybridized carbons (Fsp3) is 0.250. The zero-order chi connectivity index (χ0) is 15.8. The van der Waals surface area contributed by atoms with E-state index in [1.807, 2.05) is 47.8 Å². The van der Waals surface area contributed by atoms with Gasteiger partial charge in [0.05, 0.1) is 0 Å². The van der Waals surface area contributed by atoms with Gasteiger partial charge in [0.25, 0.3) is 0 Å². The van der Waals surface area contributed by atoms with Gasteiger partial charge in [-0.25, -0.2) is 4.79 Å². The van der Waals surface area contributed by atoms with Gasteiger partial charge in [-0.1, -0.05) is 36.4 Å². The molecule has 0 aliphatic carbocycles. The smallest absolute Gasteiger partial charge is 0.321 e. The first-order chi connectivity index (χ1) is 10.7. The van der Waals surface area contributed by atoms with Crippen LogP contribution in [0.1, 0.15) is 23.4 Å². The van der Waals surface area contributed by atoms with E-state index in [-0.39, 0.29) is 5.91 Å². The lowest BCUT2D eigenvalue weighted by Gasteiger charge is -2.18. The maximum absolute atomic E-state index is 12.4. The molecule has 0 bridgehead atoms. The van der Waals surface area contributed by atoms with E-state index in [4.69, 9.17) is 0 Å². The first kappa shape index (κ1) is 16.2. The highest BCUT2D eigenvalue weighted by atomic mass is 32.1. The lowest BCUT2D eigenvalue weighted by atomic mass is 10.1. The van der Waals surface area contributed by atoms with Crippen molar-refractivity contribution in [3.05, 3.63) is 58.3 Å². The van der Waals surface area contributed by atoms with Gasteiger partial charge in [-0.05, 0) is 23.9 Å². The van der Waals surface area contributed by atoms with Crippen molar-refractivity contribution in [2.24, 2.45) is 0 Å². The lowest BCUT2D eigenvalue weighted by molar-refractivity contribution is -0.122. The highest BCUT2D eigenvalue weighted by molar-refractivity contribution is 7.09. The number of carbonyl (C=O) groups is 2. The summed E-state index contributed by atoms with van der Waals surface area (Å²) in [6.45, 7) is 2.84. The summed E-state index contributed by atoms with van der Waals surface area (Å²) in [6, 6.07) is 12.3. The molecule has 3 amide bonds. The second-order valence-corrected chi connectivity index (χ2v) is 5.68. The summed E-state index contributed by atoms with van der Waals surface area (Å²) in [7, 11) is 0. The minimum Gasteiger partial charge on any atom is -0.338 e. The zero-order valence-electron chi connectivity index (χ0n) is 12.3. The van der Waals surface area contributed by atoms with Crippen LogP contribution in [0.5, 0.6) is 0 Å². The molecular weight excluding hydrogens is 298 g/mol. The minimum absolute atomic E-state index is 0.367. The van der Waals surface area contributed by atoms with Crippen molar-refractivity contribution in [3.8, 4) is 0 Å². The zero-order valence-corrected chi connectivity index (χ0v) is 13.2. The standard InChI is InChI=1S/C16H19N3O2S/c1-2-17-16(21)19-15(20)14(12-7-4-3-5-8-12)18-11-13-9-6-10-22-13/h3-10,14,18H,2,11H2,1H3,(H2,17,19,20,21)/t14-/m0/s1. The van der Waals surface area contributed by atoms with Crippen LogP contribution in [0.25, 0.3) is 0 Å². The third-order valence-electron chi connectivity index (χ3n) is 3.03. The quantitative estimate of drug-likeness (QED) is 0.766. The van der Waals surface area contributed by atoms with Gasteiger partial charge in [-0.2, -0.15) is 0 Å². The Kier molecular flexibility index (Phi) is 6.12. The molecule has 1 atom stereocenters. The molecule has 1 aromatic carbocycles. The van der Waals surface area contributed by atoms with Gasteiger partial charge in [0.15, 0.2) is 0 Å². The van der Waals surface area contributed by atoms with E-state index in [0.29, 0.717) is 13.1 Å². The molecule has 5 nitrogen and oxygen atoms in total. The number of imide groups is 1. The highest BCUT2D eigenvalue weighted by Gasteiger charge is 2.21. The van der Waals surface area contributed by atoms with E-state index >= 15 is 0 Å². The SMILES string of the molecule is CCNC(=O)NC(=O)[C@@H](NCc1cccs1)c1ccccc1. The van der Waals surface area contributed by atoms with Crippen molar-refractivity contribution in [1.82, 2.24) is 16.0 Å². The fourth-order valence-corrected chi connectivity index (χ4v) is 2.67. The van der Waals surface area contributed by atoms with Crippen molar-refractivity contribution < 1.29 is 9.59 Å². The van der Waals surface area contributed by atoms with E-state index in [0.717, 1.165) is 10.4 Å². The first-order valence-electron chi connectivity index (χ1n) is 7.10. The van der Waals surface area contributed by atoms with Crippen molar-refractivity contribution in [2.75, 3.05) is 6.54 Å². The monoisotopic (exact) mass is 317 g/mol. The van der Waals surface area contributed by atoms with Crippen LogP contribution < -0.4 is 16.0 Å². The van der Waals surface area contributed by atoms with Gasteiger partial charge < -0.3 is 5.32 Å². The largest absolute Gasteiger partial charge is 0.338 e. The van der Waals surface area contributed by atoms with Crippen LogP contribution in [-0.4, -0.2) is 18.5 Å². The van der Waals surface area contributed by atoms with Gasteiger partial charge in [-0.15, -0.1) is 11.3 Å². The molecule has 0 spiro atoms. The summed E-state index contributed by atoms with van der Waals surface area (Å²) in [5.74, 6) is -0.367. The normalized spacial score (nSPS) is 11.7. The number of amides is 3. The summed E-state index contributed by atoms with van der Waals surface area (Å²) < 4.78 is 0. The Morgan fingerprint density at radius 1 is 1.14 bits per heavy atom.